The average molecular weight is 326 g/mol. The Labute approximate surface area is 120 Å². The van der Waals surface area contributed by atoms with Gasteiger partial charge in [-0.3, -0.25) is 4.79 Å². The first-order valence-corrected chi connectivity index (χ1v) is 6.98. The quantitative estimate of drug-likeness (QED) is 0.860. The summed E-state index contributed by atoms with van der Waals surface area (Å²) >= 11 is 3.49. The van der Waals surface area contributed by atoms with Crippen molar-refractivity contribution in [1.29, 1.82) is 0 Å². The molecule has 0 amide bonds. The van der Waals surface area contributed by atoms with Crippen molar-refractivity contribution in [2.24, 2.45) is 0 Å². The number of aliphatic hydroxyl groups excluding tert-OH is 1. The van der Waals surface area contributed by atoms with E-state index < -0.39 is 6.10 Å². The molecule has 0 bridgehead atoms. The first-order chi connectivity index (χ1) is 9.11. The Morgan fingerprint density at radius 2 is 2.21 bits per heavy atom. The summed E-state index contributed by atoms with van der Waals surface area (Å²) in [7, 11) is 0. The summed E-state index contributed by atoms with van der Waals surface area (Å²) < 4.78 is 7.74. The lowest BCUT2D eigenvalue weighted by molar-refractivity contribution is -0.145. The summed E-state index contributed by atoms with van der Waals surface area (Å²) in [5.41, 5.74) is 1.03. The van der Waals surface area contributed by atoms with Crippen LogP contribution in [0.5, 0.6) is 0 Å². The minimum absolute atomic E-state index is 0.0119. The molecule has 0 fully saturated rings. The first-order valence-electron chi connectivity index (χ1n) is 6.19. The molecule has 1 atom stereocenters. The molecule has 2 rings (SSSR count). The van der Waals surface area contributed by atoms with Crippen molar-refractivity contribution in [3.8, 4) is 0 Å². The molecule has 0 saturated heterocycles. The fourth-order valence-corrected chi connectivity index (χ4v) is 2.64. The molecule has 0 aliphatic heterocycles. The second-order valence-corrected chi connectivity index (χ2v) is 5.16. The molecule has 1 unspecified atom stereocenters. The van der Waals surface area contributed by atoms with Crippen molar-refractivity contribution in [1.82, 2.24) is 4.57 Å². The second kappa shape index (κ2) is 6.21. The largest absolute Gasteiger partial charge is 0.466 e. The monoisotopic (exact) mass is 325 g/mol. The molecule has 19 heavy (non-hydrogen) atoms. The topological polar surface area (TPSA) is 51.5 Å². The van der Waals surface area contributed by atoms with Crippen LogP contribution in [0.4, 0.5) is 0 Å². The summed E-state index contributed by atoms with van der Waals surface area (Å²) in [6.07, 6.45) is 1.18. The summed E-state index contributed by atoms with van der Waals surface area (Å²) in [6.45, 7) is 2.45. The van der Waals surface area contributed by atoms with Gasteiger partial charge in [-0.15, -0.1) is 0 Å². The molecule has 5 heteroatoms. The summed E-state index contributed by atoms with van der Waals surface area (Å²) in [5, 5.41) is 11.0. The minimum atomic E-state index is -0.748. The number of hydrogen-bond acceptors (Lipinski definition) is 3. The van der Waals surface area contributed by atoms with E-state index in [2.05, 4.69) is 15.9 Å². The van der Waals surface area contributed by atoms with Crippen LogP contribution in [0.25, 0.3) is 10.9 Å². The average Bonchev–Trinajstić information content (AvgIpc) is 2.67. The molecular weight excluding hydrogens is 310 g/mol. The Hall–Kier alpha value is -1.33. The number of ether oxygens (including phenoxy) is 1. The zero-order valence-corrected chi connectivity index (χ0v) is 12.3. The predicted octanol–water partition coefficient (Wildman–Crippen LogP) is 2.72. The number of halogens is 1. The van der Waals surface area contributed by atoms with Gasteiger partial charge in [0, 0.05) is 28.1 Å². The van der Waals surface area contributed by atoms with Gasteiger partial charge in [0.2, 0.25) is 0 Å². The van der Waals surface area contributed by atoms with Crippen molar-refractivity contribution >= 4 is 32.8 Å². The molecule has 0 saturated carbocycles. The highest BCUT2D eigenvalue weighted by molar-refractivity contribution is 9.10. The number of carbonyl (C=O) groups excluding carboxylic acids is 1. The SMILES string of the molecule is CCOC(=O)CC(O)Cn1cc(Br)c2ccccc21. The first kappa shape index (κ1) is 14.1. The number of rotatable bonds is 5. The molecule has 1 aromatic heterocycles. The summed E-state index contributed by atoms with van der Waals surface area (Å²) in [4.78, 5) is 11.3. The summed E-state index contributed by atoms with van der Waals surface area (Å²) in [6, 6.07) is 7.90. The van der Waals surface area contributed by atoms with Crippen molar-refractivity contribution < 1.29 is 14.6 Å². The standard InChI is InChI=1S/C14H16BrNO3/c1-2-19-14(18)7-10(17)8-16-9-12(15)11-5-3-4-6-13(11)16/h3-6,9-10,17H,2,7-8H2,1H3. The highest BCUT2D eigenvalue weighted by Gasteiger charge is 2.14. The van der Waals surface area contributed by atoms with Crippen LogP contribution in [0.2, 0.25) is 0 Å². The van der Waals surface area contributed by atoms with E-state index in [-0.39, 0.29) is 12.4 Å². The van der Waals surface area contributed by atoms with E-state index in [0.29, 0.717) is 13.2 Å². The molecule has 1 aromatic carbocycles. The molecule has 2 aromatic rings. The Bertz CT molecular complexity index is 579. The number of carbonyl (C=O) groups is 1. The van der Waals surface area contributed by atoms with E-state index >= 15 is 0 Å². The number of aromatic nitrogens is 1. The van der Waals surface area contributed by atoms with Crippen molar-refractivity contribution in [3.63, 3.8) is 0 Å². The van der Waals surface area contributed by atoms with Gasteiger partial charge in [0.1, 0.15) is 0 Å². The minimum Gasteiger partial charge on any atom is -0.466 e. The van der Waals surface area contributed by atoms with Gasteiger partial charge in [0.25, 0.3) is 0 Å². The smallest absolute Gasteiger partial charge is 0.308 e. The third-order valence-corrected chi connectivity index (χ3v) is 3.49. The van der Waals surface area contributed by atoms with Crippen LogP contribution in [-0.2, 0) is 16.1 Å². The molecule has 1 N–H and O–H groups in total. The molecule has 0 spiro atoms. The maximum Gasteiger partial charge on any atom is 0.308 e. The zero-order valence-electron chi connectivity index (χ0n) is 10.7. The number of aliphatic hydroxyl groups is 1. The Morgan fingerprint density at radius 1 is 1.47 bits per heavy atom. The van der Waals surface area contributed by atoms with Gasteiger partial charge in [0.05, 0.1) is 19.1 Å². The lowest BCUT2D eigenvalue weighted by Gasteiger charge is -2.11. The second-order valence-electron chi connectivity index (χ2n) is 4.31. The number of hydrogen-bond donors (Lipinski definition) is 1. The molecule has 102 valence electrons. The van der Waals surface area contributed by atoms with Gasteiger partial charge in [0.15, 0.2) is 0 Å². The maximum absolute atomic E-state index is 11.3. The van der Waals surface area contributed by atoms with E-state index in [1.165, 1.54) is 0 Å². The maximum atomic E-state index is 11.3. The van der Waals surface area contributed by atoms with Crippen LogP contribution < -0.4 is 0 Å². The van der Waals surface area contributed by atoms with Gasteiger partial charge in [-0.05, 0) is 28.9 Å². The van der Waals surface area contributed by atoms with Gasteiger partial charge in [-0.1, -0.05) is 18.2 Å². The van der Waals surface area contributed by atoms with E-state index in [4.69, 9.17) is 4.74 Å². The molecular formula is C14H16BrNO3. The molecule has 1 heterocycles. The van der Waals surface area contributed by atoms with E-state index in [9.17, 15) is 9.90 Å². The molecule has 0 radical (unpaired) electrons. The lowest BCUT2D eigenvalue weighted by atomic mass is 10.2. The highest BCUT2D eigenvalue weighted by Crippen LogP contribution is 2.26. The number of nitrogens with zero attached hydrogens (tertiary/aromatic N) is 1. The molecule has 0 aliphatic rings. The van der Waals surface area contributed by atoms with Gasteiger partial charge in [-0.2, -0.15) is 0 Å². The van der Waals surface area contributed by atoms with Crippen LogP contribution in [0, 0.1) is 0 Å². The zero-order chi connectivity index (χ0) is 13.8. The third kappa shape index (κ3) is 3.36. The predicted molar refractivity (Wildman–Crippen MR) is 76.9 cm³/mol. The number of esters is 1. The van der Waals surface area contributed by atoms with Crippen molar-refractivity contribution in [3.05, 3.63) is 34.9 Å². The van der Waals surface area contributed by atoms with Crippen molar-refractivity contribution in [2.45, 2.75) is 26.0 Å². The van der Waals surface area contributed by atoms with Crippen LogP contribution in [0.15, 0.2) is 34.9 Å². The van der Waals surface area contributed by atoms with Gasteiger partial charge < -0.3 is 14.4 Å². The van der Waals surface area contributed by atoms with Gasteiger partial charge in [-0.25, -0.2) is 0 Å². The van der Waals surface area contributed by atoms with Crippen LogP contribution in [0.3, 0.4) is 0 Å². The number of para-hydroxylation sites is 1. The number of benzene rings is 1. The van der Waals surface area contributed by atoms with E-state index in [1.807, 2.05) is 35.0 Å². The Morgan fingerprint density at radius 3 is 2.95 bits per heavy atom. The molecule has 4 nitrogen and oxygen atoms in total. The number of fused-ring (bicyclic) bond motifs is 1. The summed E-state index contributed by atoms with van der Waals surface area (Å²) in [5.74, 6) is -0.370. The fourth-order valence-electron chi connectivity index (χ4n) is 2.06. The van der Waals surface area contributed by atoms with E-state index in [0.717, 1.165) is 15.4 Å². The van der Waals surface area contributed by atoms with Gasteiger partial charge >= 0.3 is 5.97 Å². The van der Waals surface area contributed by atoms with E-state index in [1.54, 1.807) is 6.92 Å². The Kier molecular flexibility index (Phi) is 4.61. The lowest BCUT2D eigenvalue weighted by Crippen LogP contribution is -2.20. The third-order valence-electron chi connectivity index (χ3n) is 2.86. The Balaban J connectivity index is 2.11. The van der Waals surface area contributed by atoms with Crippen molar-refractivity contribution in [2.75, 3.05) is 6.61 Å². The molecule has 0 aliphatic carbocycles. The van der Waals surface area contributed by atoms with Crippen LogP contribution >= 0.6 is 15.9 Å². The van der Waals surface area contributed by atoms with Crippen LogP contribution in [-0.4, -0.2) is 28.4 Å². The normalized spacial score (nSPS) is 12.6. The fraction of sp³-hybridized carbons (Fsp3) is 0.357. The van der Waals surface area contributed by atoms with Crippen LogP contribution in [0.1, 0.15) is 13.3 Å². The highest BCUT2D eigenvalue weighted by atomic mass is 79.9.